The average molecular weight is 304 g/mol. The van der Waals surface area contributed by atoms with Gasteiger partial charge in [-0.1, -0.05) is 12.8 Å². The standard InChI is InChI=1S/C15H20N4O3/c20-13-8-16-12(7-17-13)15(22)18-6-10-5-14(21)19(9-10)11-3-1-2-4-11/h7-8,10-11H,1-6,9H2,(H,17,20)(H,18,22). The summed E-state index contributed by atoms with van der Waals surface area (Å²) in [6.07, 6.45) is 7.48. The lowest BCUT2D eigenvalue weighted by Gasteiger charge is -2.24. The molecule has 1 saturated carbocycles. The van der Waals surface area contributed by atoms with Gasteiger partial charge in [0.2, 0.25) is 5.91 Å². The molecule has 0 aromatic carbocycles. The lowest BCUT2D eigenvalue weighted by molar-refractivity contribution is -0.129. The molecule has 0 spiro atoms. The molecule has 1 aromatic heterocycles. The number of rotatable bonds is 4. The van der Waals surface area contributed by atoms with Crippen molar-refractivity contribution in [1.82, 2.24) is 20.2 Å². The van der Waals surface area contributed by atoms with E-state index >= 15 is 0 Å². The van der Waals surface area contributed by atoms with Gasteiger partial charge in [0.15, 0.2) is 0 Å². The SMILES string of the molecule is O=C(NCC1CC(=O)N(C2CCCC2)C1)c1c[nH]c(=O)cn1. The van der Waals surface area contributed by atoms with Gasteiger partial charge in [0.1, 0.15) is 5.69 Å². The predicted molar refractivity (Wildman–Crippen MR) is 79.3 cm³/mol. The molecule has 0 radical (unpaired) electrons. The number of carbonyl (C=O) groups is 2. The fraction of sp³-hybridized carbons (Fsp3) is 0.600. The maximum atomic E-state index is 12.1. The summed E-state index contributed by atoms with van der Waals surface area (Å²) < 4.78 is 0. The van der Waals surface area contributed by atoms with E-state index in [2.05, 4.69) is 15.3 Å². The molecule has 0 bridgehead atoms. The fourth-order valence-electron chi connectivity index (χ4n) is 3.31. The Balaban J connectivity index is 1.51. The molecule has 1 unspecified atom stereocenters. The van der Waals surface area contributed by atoms with Crippen LogP contribution in [0, 0.1) is 5.92 Å². The highest BCUT2D eigenvalue weighted by molar-refractivity contribution is 5.91. The van der Waals surface area contributed by atoms with Crippen LogP contribution in [0.15, 0.2) is 17.2 Å². The van der Waals surface area contributed by atoms with Crippen molar-refractivity contribution in [2.24, 2.45) is 5.92 Å². The number of nitrogens with one attached hydrogen (secondary N) is 2. The van der Waals surface area contributed by atoms with Gasteiger partial charge in [-0.2, -0.15) is 0 Å². The molecule has 2 N–H and O–H groups in total. The van der Waals surface area contributed by atoms with E-state index < -0.39 is 0 Å². The molecule has 7 heteroatoms. The summed E-state index contributed by atoms with van der Waals surface area (Å²) in [7, 11) is 0. The van der Waals surface area contributed by atoms with E-state index in [4.69, 9.17) is 0 Å². The number of hydrogen-bond donors (Lipinski definition) is 2. The Hall–Kier alpha value is -2.18. The molecule has 1 aliphatic carbocycles. The van der Waals surface area contributed by atoms with E-state index in [9.17, 15) is 14.4 Å². The second-order valence-electron chi connectivity index (χ2n) is 6.06. The molecule has 7 nitrogen and oxygen atoms in total. The number of carbonyl (C=O) groups excluding carboxylic acids is 2. The highest BCUT2D eigenvalue weighted by atomic mass is 16.2. The Labute approximate surface area is 128 Å². The zero-order valence-corrected chi connectivity index (χ0v) is 12.4. The van der Waals surface area contributed by atoms with Crippen LogP contribution in [0.2, 0.25) is 0 Å². The average Bonchev–Trinajstić information content (AvgIpc) is 3.14. The van der Waals surface area contributed by atoms with Crippen LogP contribution < -0.4 is 10.9 Å². The van der Waals surface area contributed by atoms with E-state index in [1.807, 2.05) is 4.90 Å². The number of likely N-dealkylation sites (tertiary alicyclic amines) is 1. The first-order valence-electron chi connectivity index (χ1n) is 7.76. The number of aromatic nitrogens is 2. The fourth-order valence-corrected chi connectivity index (χ4v) is 3.31. The first kappa shape index (κ1) is 14.7. The first-order valence-corrected chi connectivity index (χ1v) is 7.76. The minimum Gasteiger partial charge on any atom is -0.350 e. The van der Waals surface area contributed by atoms with Crippen molar-refractivity contribution >= 4 is 11.8 Å². The molecule has 118 valence electrons. The highest BCUT2D eigenvalue weighted by Crippen LogP contribution is 2.29. The smallest absolute Gasteiger partial charge is 0.271 e. The Bertz CT molecular complexity index is 601. The van der Waals surface area contributed by atoms with Crippen LogP contribution in [0.1, 0.15) is 42.6 Å². The molecule has 1 aromatic rings. The summed E-state index contributed by atoms with van der Waals surface area (Å²) in [5.74, 6) is 0.0242. The van der Waals surface area contributed by atoms with Crippen molar-refractivity contribution in [2.45, 2.75) is 38.1 Å². The minimum atomic E-state index is -0.342. The van der Waals surface area contributed by atoms with Crippen molar-refractivity contribution in [3.05, 3.63) is 28.4 Å². The number of aromatic amines is 1. The molecular weight excluding hydrogens is 284 g/mol. The summed E-state index contributed by atoms with van der Waals surface area (Å²) in [5.41, 5.74) is -0.165. The molecule has 2 aliphatic rings. The molecule has 1 saturated heterocycles. The minimum absolute atomic E-state index is 0.153. The third-order valence-electron chi connectivity index (χ3n) is 4.46. The normalized spacial score (nSPS) is 22.3. The lowest BCUT2D eigenvalue weighted by Crippen LogP contribution is -2.36. The van der Waals surface area contributed by atoms with Crippen LogP contribution in [0.25, 0.3) is 0 Å². The van der Waals surface area contributed by atoms with Crippen LogP contribution in [-0.2, 0) is 4.79 Å². The zero-order valence-electron chi connectivity index (χ0n) is 12.4. The number of hydrogen-bond acceptors (Lipinski definition) is 4. The summed E-state index contributed by atoms with van der Waals surface area (Å²) >= 11 is 0. The molecule has 3 rings (SSSR count). The van der Waals surface area contributed by atoms with Gasteiger partial charge in [0, 0.05) is 37.7 Å². The summed E-state index contributed by atoms with van der Waals surface area (Å²) in [4.78, 5) is 43.1. The predicted octanol–water partition coefficient (Wildman–Crippen LogP) is 0.291. The van der Waals surface area contributed by atoms with Crippen LogP contribution >= 0.6 is 0 Å². The lowest BCUT2D eigenvalue weighted by atomic mass is 10.1. The summed E-state index contributed by atoms with van der Waals surface area (Å²) in [6, 6.07) is 0.397. The van der Waals surface area contributed by atoms with E-state index in [1.54, 1.807) is 0 Å². The van der Waals surface area contributed by atoms with Gasteiger partial charge in [-0.25, -0.2) is 4.98 Å². The second-order valence-corrected chi connectivity index (χ2v) is 6.06. The van der Waals surface area contributed by atoms with Crippen LogP contribution in [-0.4, -0.2) is 45.8 Å². The van der Waals surface area contributed by atoms with Crippen molar-refractivity contribution < 1.29 is 9.59 Å². The van der Waals surface area contributed by atoms with Gasteiger partial charge in [0.05, 0.1) is 6.20 Å². The Morgan fingerprint density at radius 2 is 2.14 bits per heavy atom. The van der Waals surface area contributed by atoms with Gasteiger partial charge in [0.25, 0.3) is 11.5 Å². The first-order chi connectivity index (χ1) is 10.6. The topological polar surface area (TPSA) is 95.2 Å². The Morgan fingerprint density at radius 1 is 1.36 bits per heavy atom. The van der Waals surface area contributed by atoms with Gasteiger partial charge < -0.3 is 15.2 Å². The molecule has 22 heavy (non-hydrogen) atoms. The highest BCUT2D eigenvalue weighted by Gasteiger charge is 2.35. The van der Waals surface area contributed by atoms with Crippen LogP contribution in [0.5, 0.6) is 0 Å². The molecule has 2 heterocycles. The Kier molecular flexibility index (Phi) is 4.22. The maximum Gasteiger partial charge on any atom is 0.271 e. The molecule has 2 fully saturated rings. The van der Waals surface area contributed by atoms with Gasteiger partial charge in [-0.15, -0.1) is 0 Å². The number of H-pyrrole nitrogens is 1. The van der Waals surface area contributed by atoms with Gasteiger partial charge in [-0.3, -0.25) is 14.4 Å². The Morgan fingerprint density at radius 3 is 2.82 bits per heavy atom. The third kappa shape index (κ3) is 3.18. The van der Waals surface area contributed by atoms with Gasteiger partial charge >= 0.3 is 0 Å². The number of amides is 2. The molecule has 1 atom stereocenters. The largest absolute Gasteiger partial charge is 0.350 e. The third-order valence-corrected chi connectivity index (χ3v) is 4.46. The molecule has 2 amide bonds. The quantitative estimate of drug-likeness (QED) is 0.836. The van der Waals surface area contributed by atoms with E-state index in [-0.39, 0.29) is 29.0 Å². The summed E-state index contributed by atoms with van der Waals surface area (Å²) in [5, 5.41) is 2.79. The maximum absolute atomic E-state index is 12.1. The van der Waals surface area contributed by atoms with Crippen LogP contribution in [0.3, 0.4) is 0 Å². The van der Waals surface area contributed by atoms with Crippen molar-refractivity contribution in [1.29, 1.82) is 0 Å². The van der Waals surface area contributed by atoms with E-state index in [0.717, 1.165) is 25.6 Å². The zero-order chi connectivity index (χ0) is 15.5. The number of nitrogens with zero attached hydrogens (tertiary/aromatic N) is 2. The van der Waals surface area contributed by atoms with E-state index in [0.29, 0.717) is 19.0 Å². The van der Waals surface area contributed by atoms with Crippen molar-refractivity contribution in [2.75, 3.05) is 13.1 Å². The van der Waals surface area contributed by atoms with Crippen molar-refractivity contribution in [3.8, 4) is 0 Å². The monoisotopic (exact) mass is 304 g/mol. The van der Waals surface area contributed by atoms with Crippen molar-refractivity contribution in [3.63, 3.8) is 0 Å². The van der Waals surface area contributed by atoms with Crippen LogP contribution in [0.4, 0.5) is 0 Å². The summed E-state index contributed by atoms with van der Waals surface area (Å²) in [6.45, 7) is 1.18. The second kappa shape index (κ2) is 6.29. The van der Waals surface area contributed by atoms with E-state index in [1.165, 1.54) is 19.0 Å². The molecule has 1 aliphatic heterocycles. The molecular formula is C15H20N4O3. The van der Waals surface area contributed by atoms with Gasteiger partial charge in [-0.05, 0) is 12.8 Å².